The second-order valence-electron chi connectivity index (χ2n) is 4.87. The maximum absolute atomic E-state index is 11.9. The second kappa shape index (κ2) is 6.25. The fraction of sp³-hybridized carbons (Fsp3) is 0.500. The van der Waals surface area contributed by atoms with Crippen LogP contribution in [-0.4, -0.2) is 57.1 Å². The maximum Gasteiger partial charge on any atom is 0.356 e. The highest BCUT2D eigenvalue weighted by atomic mass is 16.4. The summed E-state index contributed by atoms with van der Waals surface area (Å²) in [5.41, 5.74) is 5.17. The van der Waals surface area contributed by atoms with Gasteiger partial charge in [-0.2, -0.15) is 0 Å². The Morgan fingerprint density at radius 2 is 2.24 bits per heavy atom. The number of likely N-dealkylation sites (tertiary alicyclic amines) is 1. The van der Waals surface area contributed by atoms with E-state index in [0.717, 1.165) is 0 Å². The average Bonchev–Trinajstić information content (AvgIpc) is 3.07. The predicted octanol–water partition coefficient (Wildman–Crippen LogP) is -0.902. The molecule has 0 bridgehead atoms. The van der Waals surface area contributed by atoms with E-state index in [1.54, 1.807) is 9.47 Å². The lowest BCUT2D eigenvalue weighted by atomic mass is 10.1. The molecule has 9 heteroatoms. The first-order valence-electron chi connectivity index (χ1n) is 6.54. The zero-order valence-corrected chi connectivity index (χ0v) is 11.4. The van der Waals surface area contributed by atoms with Crippen molar-refractivity contribution >= 4 is 17.9 Å². The fourth-order valence-electron chi connectivity index (χ4n) is 2.17. The molecule has 2 rings (SSSR count). The molecule has 9 nitrogen and oxygen atoms in total. The first kappa shape index (κ1) is 14.8. The lowest BCUT2D eigenvalue weighted by Crippen LogP contribution is -2.40. The van der Waals surface area contributed by atoms with Crippen molar-refractivity contribution < 1.29 is 19.5 Å². The van der Waals surface area contributed by atoms with Crippen molar-refractivity contribution in [3.63, 3.8) is 0 Å². The molecular formula is C12H17N5O4. The Labute approximate surface area is 120 Å². The maximum atomic E-state index is 11.9. The molecule has 0 saturated carbocycles. The van der Waals surface area contributed by atoms with E-state index < -0.39 is 5.97 Å². The molecule has 0 radical (unpaired) electrons. The predicted molar refractivity (Wildman–Crippen MR) is 71.5 cm³/mol. The number of nitrogens with one attached hydrogen (secondary N) is 1. The summed E-state index contributed by atoms with van der Waals surface area (Å²) in [5, 5.41) is 11.4. The van der Waals surface area contributed by atoms with E-state index in [2.05, 4.69) is 10.3 Å². The average molecular weight is 295 g/mol. The monoisotopic (exact) mass is 295 g/mol. The van der Waals surface area contributed by atoms with Gasteiger partial charge < -0.3 is 25.6 Å². The van der Waals surface area contributed by atoms with E-state index >= 15 is 0 Å². The van der Waals surface area contributed by atoms with Gasteiger partial charge in [0.1, 0.15) is 0 Å². The van der Waals surface area contributed by atoms with Crippen molar-refractivity contribution in [1.82, 2.24) is 19.8 Å². The number of aromatic carboxylic acids is 1. The number of carboxylic acid groups (broad SMARTS) is 1. The smallest absolute Gasteiger partial charge is 0.356 e. The molecule has 2 heterocycles. The quantitative estimate of drug-likeness (QED) is 0.648. The van der Waals surface area contributed by atoms with Gasteiger partial charge in [0.15, 0.2) is 5.69 Å². The van der Waals surface area contributed by atoms with Crippen LogP contribution in [0.4, 0.5) is 4.79 Å². The number of urea groups is 1. The third-order valence-electron chi connectivity index (χ3n) is 3.38. The molecule has 4 N–H and O–H groups in total. The van der Waals surface area contributed by atoms with Crippen LogP contribution in [0.5, 0.6) is 0 Å². The first-order chi connectivity index (χ1) is 9.97. The van der Waals surface area contributed by atoms with E-state index in [1.165, 1.54) is 12.5 Å². The molecule has 21 heavy (non-hydrogen) atoms. The van der Waals surface area contributed by atoms with Crippen molar-refractivity contribution in [2.45, 2.75) is 13.0 Å². The standard InChI is InChI=1S/C12H17N5O4/c13-10(18)8-1-3-17(5-8)12(21)14-2-4-16-6-9(11(19)20)15-7-16/h6-8H,1-5H2,(H2,13,18)(H,14,21)(H,19,20). The van der Waals surface area contributed by atoms with Crippen LogP contribution in [0.25, 0.3) is 0 Å². The number of rotatable bonds is 5. The van der Waals surface area contributed by atoms with Crippen molar-refractivity contribution in [3.05, 3.63) is 18.2 Å². The van der Waals surface area contributed by atoms with E-state index in [-0.39, 0.29) is 23.6 Å². The number of amides is 3. The van der Waals surface area contributed by atoms with Gasteiger partial charge in [0.05, 0.1) is 12.2 Å². The molecule has 1 aromatic rings. The number of carbonyl (C=O) groups excluding carboxylic acids is 2. The number of carboxylic acids is 1. The summed E-state index contributed by atoms with van der Waals surface area (Å²) in [6, 6.07) is -0.252. The minimum atomic E-state index is -1.09. The van der Waals surface area contributed by atoms with Gasteiger partial charge in [-0.05, 0) is 6.42 Å². The lowest BCUT2D eigenvalue weighted by molar-refractivity contribution is -0.121. The van der Waals surface area contributed by atoms with Gasteiger partial charge in [0, 0.05) is 32.4 Å². The summed E-state index contributed by atoms with van der Waals surface area (Å²) in [5.74, 6) is -1.75. The zero-order valence-electron chi connectivity index (χ0n) is 11.4. The molecule has 1 fully saturated rings. The first-order valence-corrected chi connectivity index (χ1v) is 6.54. The van der Waals surface area contributed by atoms with Crippen LogP contribution in [0.1, 0.15) is 16.9 Å². The molecule has 0 aromatic carbocycles. The van der Waals surface area contributed by atoms with Crippen molar-refractivity contribution in [2.24, 2.45) is 11.7 Å². The van der Waals surface area contributed by atoms with Gasteiger partial charge in [-0.25, -0.2) is 14.6 Å². The van der Waals surface area contributed by atoms with E-state index in [4.69, 9.17) is 10.8 Å². The molecule has 0 aliphatic carbocycles. The van der Waals surface area contributed by atoms with Gasteiger partial charge in [0.2, 0.25) is 5.91 Å². The van der Waals surface area contributed by atoms with Crippen LogP contribution < -0.4 is 11.1 Å². The Morgan fingerprint density at radius 3 is 2.81 bits per heavy atom. The number of nitrogens with zero attached hydrogens (tertiary/aromatic N) is 3. The molecule has 1 unspecified atom stereocenters. The molecule has 0 spiro atoms. The summed E-state index contributed by atoms with van der Waals surface area (Å²) in [6.07, 6.45) is 3.38. The summed E-state index contributed by atoms with van der Waals surface area (Å²) in [4.78, 5) is 38.8. The van der Waals surface area contributed by atoms with Gasteiger partial charge in [-0.15, -0.1) is 0 Å². The normalized spacial score (nSPS) is 17.7. The third-order valence-corrected chi connectivity index (χ3v) is 3.38. The number of nitrogens with two attached hydrogens (primary N) is 1. The number of aromatic nitrogens is 2. The zero-order chi connectivity index (χ0) is 15.4. The number of carbonyl (C=O) groups is 3. The van der Waals surface area contributed by atoms with E-state index in [0.29, 0.717) is 32.6 Å². The lowest BCUT2D eigenvalue weighted by Gasteiger charge is -2.16. The minimum Gasteiger partial charge on any atom is -0.476 e. The topological polar surface area (TPSA) is 131 Å². The highest BCUT2D eigenvalue weighted by molar-refractivity contribution is 5.84. The van der Waals surface area contributed by atoms with Crippen LogP contribution in [0.15, 0.2) is 12.5 Å². The molecular weight excluding hydrogens is 278 g/mol. The summed E-state index contributed by atoms with van der Waals surface area (Å²) in [6.45, 7) is 1.61. The number of hydrogen-bond donors (Lipinski definition) is 3. The van der Waals surface area contributed by atoms with Crippen molar-refractivity contribution in [1.29, 1.82) is 0 Å². The SMILES string of the molecule is NC(=O)C1CCN(C(=O)NCCn2cnc(C(=O)O)c2)C1. The Bertz CT molecular complexity index is 556. The van der Waals surface area contributed by atoms with Gasteiger partial charge in [-0.3, -0.25) is 4.79 Å². The third kappa shape index (κ3) is 3.71. The molecule has 1 atom stereocenters. The van der Waals surface area contributed by atoms with Gasteiger partial charge >= 0.3 is 12.0 Å². The largest absolute Gasteiger partial charge is 0.476 e. The molecule has 1 saturated heterocycles. The Kier molecular flexibility index (Phi) is 4.41. The summed E-state index contributed by atoms with van der Waals surface area (Å²) >= 11 is 0. The molecule has 3 amide bonds. The number of hydrogen-bond acceptors (Lipinski definition) is 4. The van der Waals surface area contributed by atoms with Gasteiger partial charge in [0.25, 0.3) is 0 Å². The van der Waals surface area contributed by atoms with Crippen LogP contribution in [0, 0.1) is 5.92 Å². The highest BCUT2D eigenvalue weighted by Crippen LogP contribution is 2.15. The molecule has 1 aliphatic rings. The summed E-state index contributed by atoms with van der Waals surface area (Å²) in [7, 11) is 0. The Balaban J connectivity index is 1.74. The van der Waals surface area contributed by atoms with Crippen LogP contribution in [0.3, 0.4) is 0 Å². The van der Waals surface area contributed by atoms with Crippen LogP contribution >= 0.6 is 0 Å². The molecule has 1 aromatic heterocycles. The number of imidazole rings is 1. The number of primary amides is 1. The molecule has 1 aliphatic heterocycles. The van der Waals surface area contributed by atoms with E-state index in [9.17, 15) is 14.4 Å². The Hall–Kier alpha value is -2.58. The summed E-state index contributed by atoms with van der Waals surface area (Å²) < 4.78 is 1.58. The van der Waals surface area contributed by atoms with Gasteiger partial charge in [-0.1, -0.05) is 0 Å². The van der Waals surface area contributed by atoms with Crippen LogP contribution in [0.2, 0.25) is 0 Å². The fourth-order valence-corrected chi connectivity index (χ4v) is 2.17. The second-order valence-corrected chi connectivity index (χ2v) is 4.87. The van der Waals surface area contributed by atoms with E-state index in [1.807, 2.05) is 0 Å². The highest BCUT2D eigenvalue weighted by Gasteiger charge is 2.29. The van der Waals surface area contributed by atoms with Crippen molar-refractivity contribution in [3.8, 4) is 0 Å². The molecule has 114 valence electrons. The Morgan fingerprint density at radius 1 is 1.48 bits per heavy atom. The minimum absolute atomic E-state index is 0.0369. The van der Waals surface area contributed by atoms with Crippen LogP contribution in [-0.2, 0) is 11.3 Å². The van der Waals surface area contributed by atoms with Crippen molar-refractivity contribution in [2.75, 3.05) is 19.6 Å².